The summed E-state index contributed by atoms with van der Waals surface area (Å²) in [6, 6.07) is 79.9. The molecule has 1 aliphatic carbocycles. The maximum Gasteiger partial charge on any atom is 0.0467 e. The summed E-state index contributed by atoms with van der Waals surface area (Å²) < 4.78 is 0. The van der Waals surface area contributed by atoms with Gasteiger partial charge in [-0.2, -0.15) is 0 Å². The second kappa shape index (κ2) is 13.9. The number of aryl methyl sites for hydroxylation is 1. The molecule has 0 aromatic heterocycles. The molecular weight excluding hydrogens is 699 g/mol. The molecule has 0 heterocycles. The van der Waals surface area contributed by atoms with Crippen molar-refractivity contribution < 1.29 is 0 Å². The molecular formula is C57H39N. The van der Waals surface area contributed by atoms with Crippen molar-refractivity contribution in [3.8, 4) is 66.8 Å². The van der Waals surface area contributed by atoms with Crippen molar-refractivity contribution in [2.45, 2.75) is 6.92 Å². The molecule has 0 spiro atoms. The van der Waals surface area contributed by atoms with E-state index in [2.05, 4.69) is 230 Å². The fraction of sp³-hybridized carbons (Fsp3) is 0.0175. The number of fused-ring (bicyclic) bond motifs is 4. The highest BCUT2D eigenvalue weighted by molar-refractivity contribution is 6.28. The molecule has 0 unspecified atom stereocenters. The lowest BCUT2D eigenvalue weighted by molar-refractivity contribution is 1.28. The number of nitrogens with zero attached hydrogens (tertiary/aromatic N) is 1. The number of hydrogen-bond acceptors (Lipinski definition) is 1. The number of hydrogen-bond donors (Lipinski definition) is 0. The standard InChI is InChI=1S/C57H39N/c1-38-18-11-12-29-46(38)41-23-15-27-44(36-41)58(43-25-9-4-10-26-43)45-28-16-24-42(37-45)47-34-35-52-55-48(47)32-17-33-51(55)56-53(39-19-5-2-6-20-39)49-30-13-14-31-50(49)54(57(52)56)40-21-7-3-8-22-40/h2-37H,1H3. The molecule has 58 heavy (non-hydrogen) atoms. The molecule has 0 radical (unpaired) electrons. The van der Waals surface area contributed by atoms with Crippen LogP contribution < -0.4 is 4.90 Å². The number of rotatable bonds is 7. The van der Waals surface area contributed by atoms with E-state index in [4.69, 9.17) is 0 Å². The van der Waals surface area contributed by atoms with Crippen molar-refractivity contribution in [3.63, 3.8) is 0 Å². The first-order valence-electron chi connectivity index (χ1n) is 20.1. The Morgan fingerprint density at radius 2 is 0.690 bits per heavy atom. The van der Waals surface area contributed by atoms with Crippen LogP contribution in [0.25, 0.3) is 88.3 Å². The largest absolute Gasteiger partial charge is 0.310 e. The normalized spacial score (nSPS) is 11.5. The number of benzene rings is 10. The number of para-hydroxylation sites is 1. The molecule has 0 N–H and O–H groups in total. The molecule has 0 atom stereocenters. The third-order valence-corrected chi connectivity index (χ3v) is 11.9. The zero-order chi connectivity index (χ0) is 38.6. The van der Waals surface area contributed by atoms with Gasteiger partial charge in [0.2, 0.25) is 0 Å². The fourth-order valence-electron chi connectivity index (χ4n) is 9.41. The quantitative estimate of drug-likeness (QED) is 0.157. The average Bonchev–Trinajstić information content (AvgIpc) is 3.61. The van der Waals surface area contributed by atoms with Crippen LogP contribution in [-0.4, -0.2) is 0 Å². The van der Waals surface area contributed by atoms with E-state index in [1.807, 2.05) is 0 Å². The van der Waals surface area contributed by atoms with E-state index in [0.29, 0.717) is 0 Å². The van der Waals surface area contributed by atoms with Crippen molar-refractivity contribution >= 4 is 38.6 Å². The smallest absolute Gasteiger partial charge is 0.0467 e. The highest BCUT2D eigenvalue weighted by atomic mass is 15.1. The summed E-state index contributed by atoms with van der Waals surface area (Å²) in [6.45, 7) is 2.18. The monoisotopic (exact) mass is 737 g/mol. The van der Waals surface area contributed by atoms with E-state index in [1.54, 1.807) is 0 Å². The van der Waals surface area contributed by atoms with Gasteiger partial charge in [0.25, 0.3) is 0 Å². The Kier molecular flexibility index (Phi) is 8.12. The lowest BCUT2D eigenvalue weighted by Gasteiger charge is -2.26. The lowest BCUT2D eigenvalue weighted by atomic mass is 9.82. The molecule has 0 saturated heterocycles. The van der Waals surface area contributed by atoms with Crippen LogP contribution in [0.4, 0.5) is 17.1 Å². The van der Waals surface area contributed by atoms with Gasteiger partial charge in [-0.15, -0.1) is 0 Å². The van der Waals surface area contributed by atoms with Crippen LogP contribution in [-0.2, 0) is 0 Å². The molecule has 0 fully saturated rings. The molecule has 0 saturated carbocycles. The van der Waals surface area contributed by atoms with Gasteiger partial charge in [0, 0.05) is 17.1 Å². The minimum absolute atomic E-state index is 1.11. The Balaban J connectivity index is 1.13. The van der Waals surface area contributed by atoms with Gasteiger partial charge < -0.3 is 4.90 Å². The van der Waals surface area contributed by atoms with Gasteiger partial charge in [-0.25, -0.2) is 0 Å². The summed E-state index contributed by atoms with van der Waals surface area (Å²) in [5, 5.41) is 5.13. The van der Waals surface area contributed by atoms with Crippen LogP contribution in [0.15, 0.2) is 218 Å². The third-order valence-electron chi connectivity index (χ3n) is 11.9. The third kappa shape index (κ3) is 5.47. The first-order valence-corrected chi connectivity index (χ1v) is 20.1. The first-order chi connectivity index (χ1) is 28.7. The average molecular weight is 738 g/mol. The summed E-state index contributed by atoms with van der Waals surface area (Å²) in [4.78, 5) is 2.38. The van der Waals surface area contributed by atoms with Crippen molar-refractivity contribution in [3.05, 3.63) is 224 Å². The van der Waals surface area contributed by atoms with E-state index >= 15 is 0 Å². The Morgan fingerprint density at radius 3 is 1.29 bits per heavy atom. The maximum absolute atomic E-state index is 2.39. The summed E-state index contributed by atoms with van der Waals surface area (Å²) in [7, 11) is 0. The summed E-state index contributed by atoms with van der Waals surface area (Å²) in [5.74, 6) is 0. The summed E-state index contributed by atoms with van der Waals surface area (Å²) in [6.07, 6.45) is 0. The Morgan fingerprint density at radius 1 is 0.276 bits per heavy atom. The SMILES string of the molecule is Cc1ccccc1-c1cccc(N(c2ccccc2)c2cccc(-c3ccc4c5c(cccc35)-c3c-4c(-c4ccccc4)c4ccccc4c3-c3ccccc3)c2)c1. The van der Waals surface area contributed by atoms with Crippen molar-refractivity contribution in [2.24, 2.45) is 0 Å². The van der Waals surface area contributed by atoms with Gasteiger partial charge in [0.15, 0.2) is 0 Å². The van der Waals surface area contributed by atoms with Crippen LogP contribution in [0, 0.1) is 6.92 Å². The Bertz CT molecular complexity index is 3070. The maximum atomic E-state index is 2.39. The van der Waals surface area contributed by atoms with Gasteiger partial charge in [-0.1, -0.05) is 182 Å². The van der Waals surface area contributed by atoms with Gasteiger partial charge in [0.05, 0.1) is 0 Å². The summed E-state index contributed by atoms with van der Waals surface area (Å²) in [5.41, 5.74) is 19.8. The minimum atomic E-state index is 1.11. The predicted octanol–water partition coefficient (Wildman–Crippen LogP) is 16.1. The lowest BCUT2D eigenvalue weighted by Crippen LogP contribution is -2.10. The van der Waals surface area contributed by atoms with E-state index in [9.17, 15) is 0 Å². The van der Waals surface area contributed by atoms with Gasteiger partial charge in [-0.3, -0.25) is 0 Å². The second-order valence-corrected chi connectivity index (χ2v) is 15.3. The number of anilines is 3. The minimum Gasteiger partial charge on any atom is -0.310 e. The van der Waals surface area contributed by atoms with Crippen LogP contribution in [0.2, 0.25) is 0 Å². The second-order valence-electron chi connectivity index (χ2n) is 15.3. The van der Waals surface area contributed by atoms with Crippen LogP contribution >= 0.6 is 0 Å². The zero-order valence-electron chi connectivity index (χ0n) is 32.2. The van der Waals surface area contributed by atoms with Crippen LogP contribution in [0.5, 0.6) is 0 Å². The van der Waals surface area contributed by atoms with Crippen molar-refractivity contribution in [1.29, 1.82) is 0 Å². The van der Waals surface area contributed by atoms with E-state index < -0.39 is 0 Å². The molecule has 0 bridgehead atoms. The molecule has 272 valence electrons. The van der Waals surface area contributed by atoms with Gasteiger partial charge >= 0.3 is 0 Å². The highest BCUT2D eigenvalue weighted by Gasteiger charge is 2.31. The van der Waals surface area contributed by atoms with E-state index in [0.717, 1.165) is 17.1 Å². The topological polar surface area (TPSA) is 3.24 Å². The van der Waals surface area contributed by atoms with E-state index in [-0.39, 0.29) is 0 Å². The molecule has 1 heteroatoms. The highest BCUT2D eigenvalue weighted by Crippen LogP contribution is 2.58. The van der Waals surface area contributed by atoms with E-state index in [1.165, 1.54) is 93.9 Å². The first kappa shape index (κ1) is 33.8. The molecule has 10 aromatic rings. The zero-order valence-corrected chi connectivity index (χ0v) is 32.2. The molecule has 1 nitrogen and oxygen atoms in total. The van der Waals surface area contributed by atoms with Gasteiger partial charge in [0.1, 0.15) is 0 Å². The molecule has 0 amide bonds. The summed E-state index contributed by atoms with van der Waals surface area (Å²) >= 11 is 0. The van der Waals surface area contributed by atoms with Crippen molar-refractivity contribution in [1.82, 2.24) is 0 Å². The van der Waals surface area contributed by atoms with Gasteiger partial charge in [-0.05, 0) is 137 Å². The Hall–Kier alpha value is -7.48. The Labute approximate surface area is 339 Å². The fourth-order valence-corrected chi connectivity index (χ4v) is 9.41. The molecule has 1 aliphatic rings. The molecule has 0 aliphatic heterocycles. The van der Waals surface area contributed by atoms with Crippen molar-refractivity contribution in [2.75, 3.05) is 4.90 Å². The van der Waals surface area contributed by atoms with Crippen LogP contribution in [0.1, 0.15) is 5.56 Å². The molecule has 11 rings (SSSR count). The van der Waals surface area contributed by atoms with Crippen LogP contribution in [0.3, 0.4) is 0 Å². The predicted molar refractivity (Wildman–Crippen MR) is 247 cm³/mol. The molecule has 10 aromatic carbocycles.